The predicted octanol–water partition coefficient (Wildman–Crippen LogP) is 2.10. The number of ether oxygens (including phenoxy) is 2. The number of hydrogen-bond donors (Lipinski definition) is 1. The van der Waals surface area contributed by atoms with E-state index < -0.39 is 0 Å². The number of fused-ring (bicyclic) bond motifs is 1. The van der Waals surface area contributed by atoms with E-state index in [0.717, 1.165) is 16.7 Å². The van der Waals surface area contributed by atoms with Crippen LogP contribution in [0.4, 0.5) is 5.95 Å². The minimum atomic E-state index is -0.293. The van der Waals surface area contributed by atoms with E-state index in [-0.39, 0.29) is 19.1 Å². The summed E-state index contributed by atoms with van der Waals surface area (Å²) < 4.78 is 12.3. The van der Waals surface area contributed by atoms with Crippen LogP contribution in [0.3, 0.4) is 0 Å². The lowest BCUT2D eigenvalue weighted by Gasteiger charge is -2.08. The summed E-state index contributed by atoms with van der Waals surface area (Å²) in [6, 6.07) is 9.41. The summed E-state index contributed by atoms with van der Waals surface area (Å²) in [6.07, 6.45) is 5.16. The third-order valence-corrected chi connectivity index (χ3v) is 3.49. The molecule has 3 aromatic rings. The number of esters is 1. The number of benzene rings is 1. The van der Waals surface area contributed by atoms with Crippen molar-refractivity contribution in [3.05, 3.63) is 48.9 Å². The van der Waals surface area contributed by atoms with Crippen molar-refractivity contribution >= 4 is 22.8 Å². The molecule has 124 valence electrons. The third-order valence-electron chi connectivity index (χ3n) is 3.49. The van der Waals surface area contributed by atoms with Gasteiger partial charge in [0.2, 0.25) is 5.95 Å². The average molecular weight is 326 g/mol. The molecule has 2 aromatic heterocycles. The van der Waals surface area contributed by atoms with Crippen LogP contribution < -0.4 is 10.1 Å². The Morgan fingerprint density at radius 1 is 1.25 bits per heavy atom. The fraction of sp³-hybridized carbons (Fsp3) is 0.235. The van der Waals surface area contributed by atoms with E-state index in [0.29, 0.717) is 12.5 Å². The fourth-order valence-corrected chi connectivity index (χ4v) is 2.35. The molecule has 0 aliphatic heterocycles. The minimum Gasteiger partial charge on any atom is -0.497 e. The molecule has 0 fully saturated rings. The highest BCUT2D eigenvalue weighted by molar-refractivity contribution is 5.83. The lowest BCUT2D eigenvalue weighted by molar-refractivity contribution is -0.143. The van der Waals surface area contributed by atoms with E-state index in [1.54, 1.807) is 25.6 Å². The Bertz CT molecular complexity index is 817. The van der Waals surface area contributed by atoms with Gasteiger partial charge in [-0.15, -0.1) is 0 Å². The molecular formula is C17H18N4O3. The van der Waals surface area contributed by atoms with Crippen LogP contribution >= 0.6 is 0 Å². The zero-order chi connectivity index (χ0) is 16.8. The molecule has 24 heavy (non-hydrogen) atoms. The van der Waals surface area contributed by atoms with Crippen molar-refractivity contribution in [2.45, 2.75) is 6.54 Å². The van der Waals surface area contributed by atoms with E-state index in [1.165, 1.54) is 0 Å². The van der Waals surface area contributed by atoms with Gasteiger partial charge in [0.15, 0.2) is 0 Å². The number of hydrogen-bond acceptors (Lipinski definition) is 6. The van der Waals surface area contributed by atoms with Crippen molar-refractivity contribution in [1.82, 2.24) is 14.5 Å². The molecule has 0 unspecified atom stereocenters. The van der Waals surface area contributed by atoms with Gasteiger partial charge in [0.25, 0.3) is 0 Å². The SMILES string of the molecule is COc1ccc2c(ccn2CC(=O)OCCNc2ncccn2)c1. The summed E-state index contributed by atoms with van der Waals surface area (Å²) in [6.45, 7) is 0.876. The molecule has 2 heterocycles. The highest BCUT2D eigenvalue weighted by atomic mass is 16.5. The normalized spacial score (nSPS) is 10.5. The van der Waals surface area contributed by atoms with Crippen LogP contribution in [0.15, 0.2) is 48.9 Å². The van der Waals surface area contributed by atoms with Crippen LogP contribution in [0.1, 0.15) is 0 Å². The molecule has 0 saturated heterocycles. The second-order valence-corrected chi connectivity index (χ2v) is 5.09. The maximum Gasteiger partial charge on any atom is 0.326 e. The Labute approximate surface area is 139 Å². The Hall–Kier alpha value is -3.09. The highest BCUT2D eigenvalue weighted by Crippen LogP contribution is 2.21. The maximum absolute atomic E-state index is 12.0. The standard InChI is InChI=1S/C17H18N4O3/c1-23-14-3-4-15-13(11-14)5-9-21(15)12-16(22)24-10-8-20-17-18-6-2-7-19-17/h2-7,9,11H,8,10,12H2,1H3,(H,18,19,20). The number of rotatable bonds is 7. The second kappa shape index (κ2) is 7.45. The molecule has 0 spiro atoms. The Balaban J connectivity index is 1.50. The van der Waals surface area contributed by atoms with Gasteiger partial charge in [0, 0.05) is 29.5 Å². The predicted molar refractivity (Wildman–Crippen MR) is 90.0 cm³/mol. The van der Waals surface area contributed by atoms with Gasteiger partial charge < -0.3 is 19.4 Å². The maximum atomic E-state index is 12.0. The van der Waals surface area contributed by atoms with Crippen LogP contribution in [0.5, 0.6) is 5.75 Å². The van der Waals surface area contributed by atoms with Crippen molar-refractivity contribution < 1.29 is 14.3 Å². The smallest absolute Gasteiger partial charge is 0.326 e. The quantitative estimate of drug-likeness (QED) is 0.529. The molecule has 0 bridgehead atoms. The van der Waals surface area contributed by atoms with Crippen LogP contribution in [-0.2, 0) is 16.1 Å². The van der Waals surface area contributed by atoms with Gasteiger partial charge >= 0.3 is 5.97 Å². The Morgan fingerprint density at radius 2 is 2.08 bits per heavy atom. The molecule has 0 saturated carbocycles. The first-order valence-electron chi connectivity index (χ1n) is 7.55. The molecule has 0 aliphatic carbocycles. The largest absolute Gasteiger partial charge is 0.497 e. The zero-order valence-electron chi connectivity index (χ0n) is 13.3. The lowest BCUT2D eigenvalue weighted by atomic mass is 10.2. The van der Waals surface area contributed by atoms with Crippen molar-refractivity contribution in [1.29, 1.82) is 0 Å². The fourth-order valence-electron chi connectivity index (χ4n) is 2.35. The summed E-state index contributed by atoms with van der Waals surface area (Å²) in [7, 11) is 1.63. The van der Waals surface area contributed by atoms with Crippen LogP contribution in [0.2, 0.25) is 0 Å². The number of nitrogens with one attached hydrogen (secondary N) is 1. The van der Waals surface area contributed by atoms with Gasteiger partial charge in [-0.1, -0.05) is 0 Å². The van der Waals surface area contributed by atoms with Gasteiger partial charge in [-0.2, -0.15) is 0 Å². The second-order valence-electron chi connectivity index (χ2n) is 5.09. The number of methoxy groups -OCH3 is 1. The van der Waals surface area contributed by atoms with Gasteiger partial charge in [-0.05, 0) is 30.3 Å². The van der Waals surface area contributed by atoms with Crippen molar-refractivity contribution in [3.8, 4) is 5.75 Å². The number of carbonyl (C=O) groups excluding carboxylic acids is 1. The molecule has 0 radical (unpaired) electrons. The monoisotopic (exact) mass is 326 g/mol. The lowest BCUT2D eigenvalue weighted by Crippen LogP contribution is -2.18. The van der Waals surface area contributed by atoms with E-state index >= 15 is 0 Å². The molecule has 1 N–H and O–H groups in total. The van der Waals surface area contributed by atoms with Crippen molar-refractivity contribution in [2.75, 3.05) is 25.6 Å². The first-order valence-corrected chi connectivity index (χ1v) is 7.55. The van der Waals surface area contributed by atoms with Crippen molar-refractivity contribution in [3.63, 3.8) is 0 Å². The summed E-state index contributed by atoms with van der Waals surface area (Å²) in [5, 5.41) is 4.00. The van der Waals surface area contributed by atoms with Gasteiger partial charge in [0.1, 0.15) is 18.9 Å². The number of anilines is 1. The summed E-state index contributed by atoms with van der Waals surface area (Å²) in [5.74, 6) is 1.01. The summed E-state index contributed by atoms with van der Waals surface area (Å²) >= 11 is 0. The van der Waals surface area contributed by atoms with E-state index in [4.69, 9.17) is 9.47 Å². The van der Waals surface area contributed by atoms with E-state index in [2.05, 4.69) is 15.3 Å². The van der Waals surface area contributed by atoms with E-state index in [9.17, 15) is 4.79 Å². The Kier molecular flexibility index (Phi) is 4.90. The molecule has 0 aliphatic rings. The van der Waals surface area contributed by atoms with Crippen molar-refractivity contribution in [2.24, 2.45) is 0 Å². The highest BCUT2D eigenvalue weighted by Gasteiger charge is 2.08. The molecular weight excluding hydrogens is 308 g/mol. The first kappa shape index (κ1) is 15.8. The third kappa shape index (κ3) is 3.81. The van der Waals surface area contributed by atoms with Gasteiger partial charge in [0.05, 0.1) is 13.7 Å². The number of nitrogens with zero attached hydrogens (tertiary/aromatic N) is 3. The van der Waals surface area contributed by atoms with Gasteiger partial charge in [-0.3, -0.25) is 4.79 Å². The van der Waals surface area contributed by atoms with Crippen LogP contribution in [0, 0.1) is 0 Å². The molecule has 0 amide bonds. The number of aromatic nitrogens is 3. The first-order chi connectivity index (χ1) is 11.8. The minimum absolute atomic E-state index is 0.164. The van der Waals surface area contributed by atoms with Crippen LogP contribution in [0.25, 0.3) is 10.9 Å². The Morgan fingerprint density at radius 3 is 2.88 bits per heavy atom. The average Bonchev–Trinajstić information content (AvgIpc) is 3.01. The van der Waals surface area contributed by atoms with E-state index in [1.807, 2.05) is 35.0 Å². The van der Waals surface area contributed by atoms with Crippen LogP contribution in [-0.4, -0.2) is 40.8 Å². The molecule has 7 nitrogen and oxygen atoms in total. The molecule has 1 aromatic carbocycles. The topological polar surface area (TPSA) is 78.3 Å². The summed E-state index contributed by atoms with van der Waals surface area (Å²) in [4.78, 5) is 20.0. The molecule has 7 heteroatoms. The van der Waals surface area contributed by atoms with Gasteiger partial charge in [-0.25, -0.2) is 9.97 Å². The molecule has 3 rings (SSSR count). The molecule has 0 atom stereocenters. The zero-order valence-corrected chi connectivity index (χ0v) is 13.3. The number of carbonyl (C=O) groups is 1. The summed E-state index contributed by atoms with van der Waals surface area (Å²) in [5.41, 5.74) is 0.962.